The summed E-state index contributed by atoms with van der Waals surface area (Å²) in [6.07, 6.45) is 6.62. The minimum absolute atomic E-state index is 0.101. The molecule has 1 fully saturated rings. The fourth-order valence-electron chi connectivity index (χ4n) is 1.92. The molecule has 1 aliphatic rings. The molecule has 1 aliphatic heterocycles. The number of ether oxygens (including phenoxy) is 1. The highest BCUT2D eigenvalue weighted by Gasteiger charge is 2.31. The van der Waals surface area contributed by atoms with Gasteiger partial charge in [0, 0.05) is 12.0 Å². The Labute approximate surface area is 101 Å². The zero-order valence-electron chi connectivity index (χ0n) is 9.77. The van der Waals surface area contributed by atoms with E-state index >= 15 is 0 Å². The Morgan fingerprint density at radius 3 is 2.82 bits per heavy atom. The van der Waals surface area contributed by atoms with Gasteiger partial charge in [0.05, 0.1) is 5.92 Å². The molecule has 2 nitrogen and oxygen atoms in total. The molecule has 0 N–H and O–H groups in total. The van der Waals surface area contributed by atoms with E-state index in [1.165, 1.54) is 0 Å². The lowest BCUT2D eigenvalue weighted by atomic mass is 9.97. The van der Waals surface area contributed by atoms with Crippen LogP contribution in [0.5, 0.6) is 0 Å². The van der Waals surface area contributed by atoms with Crippen LogP contribution in [0, 0.1) is 18.3 Å². The molecule has 1 aromatic carbocycles. The number of allylic oxidation sites excluding steroid dienone is 2. The number of cyclic esters (lactones) is 1. The van der Waals surface area contributed by atoms with Crippen molar-refractivity contribution in [2.45, 2.75) is 19.8 Å². The van der Waals surface area contributed by atoms with E-state index in [1.807, 2.05) is 30.3 Å². The highest BCUT2D eigenvalue weighted by Crippen LogP contribution is 2.29. The third-order valence-corrected chi connectivity index (χ3v) is 2.95. The lowest BCUT2D eigenvalue weighted by Gasteiger charge is -2.03. The van der Waals surface area contributed by atoms with Crippen LogP contribution >= 0.6 is 0 Å². The Hall–Kier alpha value is -2.01. The zero-order valence-corrected chi connectivity index (χ0v) is 9.77. The molecule has 1 unspecified atom stereocenters. The number of benzene rings is 1. The van der Waals surface area contributed by atoms with E-state index in [0.717, 1.165) is 5.56 Å². The summed E-state index contributed by atoms with van der Waals surface area (Å²) in [6.45, 7) is 1.80. The second-order valence-electron chi connectivity index (χ2n) is 4.20. The van der Waals surface area contributed by atoms with E-state index in [0.29, 0.717) is 24.2 Å². The molecule has 0 amide bonds. The van der Waals surface area contributed by atoms with Crippen LogP contribution in [0.4, 0.5) is 0 Å². The molecular weight excluding hydrogens is 212 g/mol. The summed E-state index contributed by atoms with van der Waals surface area (Å²) in [4.78, 5) is 11.7. The Kier molecular flexibility index (Phi) is 3.30. The number of hydrogen-bond donors (Lipinski definition) is 0. The molecule has 0 saturated carbocycles. The van der Waals surface area contributed by atoms with Gasteiger partial charge in [-0.1, -0.05) is 36.3 Å². The monoisotopic (exact) mass is 226 g/mol. The van der Waals surface area contributed by atoms with Gasteiger partial charge >= 0.3 is 5.97 Å². The Morgan fingerprint density at radius 1 is 1.47 bits per heavy atom. The second-order valence-corrected chi connectivity index (χ2v) is 4.20. The Morgan fingerprint density at radius 2 is 2.18 bits per heavy atom. The highest BCUT2D eigenvalue weighted by molar-refractivity contribution is 5.77. The first-order chi connectivity index (χ1) is 8.20. The number of rotatable bonds is 2. The van der Waals surface area contributed by atoms with E-state index in [9.17, 15) is 4.79 Å². The molecule has 2 heteroatoms. The number of hydrogen-bond acceptors (Lipinski definition) is 2. The molecule has 1 saturated heterocycles. The summed E-state index contributed by atoms with van der Waals surface area (Å²) in [7, 11) is 0. The maximum atomic E-state index is 11.7. The predicted molar refractivity (Wildman–Crippen MR) is 65.9 cm³/mol. The molecule has 0 bridgehead atoms. The van der Waals surface area contributed by atoms with Crippen LogP contribution in [-0.2, 0) is 16.0 Å². The van der Waals surface area contributed by atoms with E-state index in [4.69, 9.17) is 11.2 Å². The summed E-state index contributed by atoms with van der Waals surface area (Å²) in [5.41, 5.74) is 1.86. The predicted octanol–water partition coefficient (Wildman–Crippen LogP) is 2.70. The fraction of sp³-hybridized carbons (Fsp3) is 0.267. The lowest BCUT2D eigenvalue weighted by Crippen LogP contribution is -2.10. The molecule has 17 heavy (non-hydrogen) atoms. The first kappa shape index (κ1) is 11.5. The molecule has 1 atom stereocenters. The van der Waals surface area contributed by atoms with Crippen LogP contribution in [0.2, 0.25) is 0 Å². The van der Waals surface area contributed by atoms with Gasteiger partial charge in [0.2, 0.25) is 0 Å². The summed E-state index contributed by atoms with van der Waals surface area (Å²) in [5.74, 6) is 2.90. The van der Waals surface area contributed by atoms with Gasteiger partial charge in [-0.3, -0.25) is 4.79 Å². The summed E-state index contributed by atoms with van der Waals surface area (Å²) < 4.78 is 5.20. The Bertz CT molecular complexity index is 491. The topological polar surface area (TPSA) is 26.3 Å². The standard InChI is InChI=1S/C15H14O2/c1-3-11(2)14-10-13(15(16)17-14)9-12-7-5-4-6-8-12/h1,4-8,13H,9-10H2,2H3. The van der Waals surface area contributed by atoms with E-state index in [2.05, 4.69) is 5.92 Å². The number of carbonyl (C=O) groups excluding carboxylic acids is 1. The number of esters is 1. The smallest absolute Gasteiger partial charge is 0.314 e. The molecule has 0 aliphatic carbocycles. The summed E-state index contributed by atoms with van der Waals surface area (Å²) in [5, 5.41) is 0. The fourth-order valence-corrected chi connectivity index (χ4v) is 1.92. The van der Waals surface area contributed by atoms with E-state index < -0.39 is 0 Å². The molecule has 86 valence electrons. The van der Waals surface area contributed by atoms with Crippen molar-refractivity contribution in [1.29, 1.82) is 0 Å². The quantitative estimate of drug-likeness (QED) is 0.572. The second kappa shape index (κ2) is 4.88. The van der Waals surface area contributed by atoms with Crippen molar-refractivity contribution < 1.29 is 9.53 Å². The molecule has 0 spiro atoms. The summed E-state index contributed by atoms with van der Waals surface area (Å²) >= 11 is 0. The van der Waals surface area contributed by atoms with Gasteiger partial charge in [0.15, 0.2) is 0 Å². The van der Waals surface area contributed by atoms with Crippen molar-refractivity contribution in [2.75, 3.05) is 0 Å². The minimum Gasteiger partial charge on any atom is -0.430 e. The molecule has 0 radical (unpaired) electrons. The minimum atomic E-state index is -0.168. The SMILES string of the molecule is C#CC(C)=C1CC(Cc2ccccc2)C(=O)O1. The van der Waals surface area contributed by atoms with Crippen molar-refractivity contribution in [1.82, 2.24) is 0 Å². The number of terminal acetylenes is 1. The van der Waals surface area contributed by atoms with E-state index in [-0.39, 0.29) is 11.9 Å². The van der Waals surface area contributed by atoms with Gasteiger partial charge in [-0.05, 0) is 18.9 Å². The third kappa shape index (κ3) is 2.57. The van der Waals surface area contributed by atoms with Crippen molar-refractivity contribution >= 4 is 5.97 Å². The molecule has 0 aromatic heterocycles. The average Bonchev–Trinajstić information content (AvgIpc) is 2.71. The van der Waals surface area contributed by atoms with Gasteiger partial charge in [0.1, 0.15) is 5.76 Å². The highest BCUT2D eigenvalue weighted by atomic mass is 16.5. The van der Waals surface area contributed by atoms with Crippen LogP contribution in [0.25, 0.3) is 0 Å². The third-order valence-electron chi connectivity index (χ3n) is 2.95. The van der Waals surface area contributed by atoms with Gasteiger partial charge in [-0.25, -0.2) is 0 Å². The van der Waals surface area contributed by atoms with Crippen LogP contribution in [0.1, 0.15) is 18.9 Å². The van der Waals surface area contributed by atoms with Gasteiger partial charge < -0.3 is 4.74 Å². The summed E-state index contributed by atoms with van der Waals surface area (Å²) in [6, 6.07) is 9.94. The molecule has 2 rings (SSSR count). The zero-order chi connectivity index (χ0) is 12.3. The molecule has 1 heterocycles. The van der Waals surface area contributed by atoms with E-state index in [1.54, 1.807) is 6.92 Å². The van der Waals surface area contributed by atoms with Gasteiger partial charge in [0.25, 0.3) is 0 Å². The van der Waals surface area contributed by atoms with Crippen molar-refractivity contribution in [3.05, 3.63) is 47.2 Å². The van der Waals surface area contributed by atoms with Crippen LogP contribution in [-0.4, -0.2) is 5.97 Å². The van der Waals surface area contributed by atoms with Crippen molar-refractivity contribution in [3.63, 3.8) is 0 Å². The first-order valence-corrected chi connectivity index (χ1v) is 5.62. The van der Waals surface area contributed by atoms with Crippen LogP contribution in [0.15, 0.2) is 41.7 Å². The van der Waals surface area contributed by atoms with Gasteiger partial charge in [-0.15, -0.1) is 6.42 Å². The van der Waals surface area contributed by atoms with Crippen molar-refractivity contribution in [3.8, 4) is 12.3 Å². The van der Waals surface area contributed by atoms with Crippen LogP contribution in [0.3, 0.4) is 0 Å². The number of carbonyl (C=O) groups is 1. The molecule has 1 aromatic rings. The van der Waals surface area contributed by atoms with Crippen LogP contribution < -0.4 is 0 Å². The maximum Gasteiger partial charge on any atom is 0.314 e. The average molecular weight is 226 g/mol. The van der Waals surface area contributed by atoms with Gasteiger partial charge in [-0.2, -0.15) is 0 Å². The normalized spacial score (nSPS) is 21.9. The first-order valence-electron chi connectivity index (χ1n) is 5.62. The van der Waals surface area contributed by atoms with Crippen molar-refractivity contribution in [2.24, 2.45) is 5.92 Å². The molecular formula is C15H14O2. The lowest BCUT2D eigenvalue weighted by molar-refractivity contribution is -0.139. The maximum absolute atomic E-state index is 11.7. The Balaban J connectivity index is 2.10. The largest absolute Gasteiger partial charge is 0.430 e.